The Balaban J connectivity index is 1.48. The number of pyridine rings is 1. The quantitative estimate of drug-likeness (QED) is 0.767. The van der Waals surface area contributed by atoms with E-state index in [-0.39, 0.29) is 11.8 Å². The highest BCUT2D eigenvalue weighted by Crippen LogP contribution is 2.26. The molecule has 2 amide bonds. The smallest absolute Gasteiger partial charge is 0.255 e. The van der Waals surface area contributed by atoms with Crippen molar-refractivity contribution in [3.63, 3.8) is 0 Å². The van der Waals surface area contributed by atoms with E-state index >= 15 is 0 Å². The van der Waals surface area contributed by atoms with E-state index < -0.39 is 0 Å². The molecule has 0 saturated carbocycles. The van der Waals surface area contributed by atoms with Gasteiger partial charge in [0.1, 0.15) is 11.9 Å². The number of nitriles is 1. The summed E-state index contributed by atoms with van der Waals surface area (Å²) >= 11 is 0. The van der Waals surface area contributed by atoms with Gasteiger partial charge in [0.2, 0.25) is 5.91 Å². The molecule has 7 nitrogen and oxygen atoms in total. The molecule has 7 heteroatoms. The van der Waals surface area contributed by atoms with Gasteiger partial charge in [-0.05, 0) is 56.5 Å². The van der Waals surface area contributed by atoms with Crippen LogP contribution in [0.4, 0.5) is 11.5 Å². The number of aryl methyl sites for hydroxylation is 3. The summed E-state index contributed by atoms with van der Waals surface area (Å²) in [6, 6.07) is 9.42. The fourth-order valence-corrected chi connectivity index (χ4v) is 4.34. The molecule has 2 aromatic rings. The molecule has 31 heavy (non-hydrogen) atoms. The topological polar surface area (TPSA) is 80.5 Å². The number of hydrogen-bond donors (Lipinski definition) is 0. The van der Waals surface area contributed by atoms with Crippen LogP contribution in [0.5, 0.6) is 0 Å². The summed E-state index contributed by atoms with van der Waals surface area (Å²) in [6.07, 6.45) is 1.35. The maximum absolute atomic E-state index is 13.1. The van der Waals surface area contributed by atoms with E-state index in [4.69, 9.17) is 4.98 Å². The van der Waals surface area contributed by atoms with Gasteiger partial charge in [-0.2, -0.15) is 5.26 Å². The van der Waals surface area contributed by atoms with Crippen LogP contribution in [0.1, 0.15) is 45.6 Å². The molecule has 2 aliphatic rings. The van der Waals surface area contributed by atoms with E-state index in [0.717, 1.165) is 23.5 Å². The fraction of sp³-hybridized carbons (Fsp3) is 0.417. The maximum atomic E-state index is 13.1. The Morgan fingerprint density at radius 3 is 2.42 bits per heavy atom. The molecule has 4 rings (SSSR count). The van der Waals surface area contributed by atoms with Gasteiger partial charge in [0.05, 0.1) is 11.1 Å². The summed E-state index contributed by atoms with van der Waals surface area (Å²) in [5, 5.41) is 9.63. The number of hydrogen-bond acceptors (Lipinski definition) is 5. The minimum absolute atomic E-state index is 0.0642. The van der Waals surface area contributed by atoms with Crippen LogP contribution < -0.4 is 9.80 Å². The number of piperazine rings is 1. The summed E-state index contributed by atoms with van der Waals surface area (Å²) in [7, 11) is 0. The molecular formula is C24H27N5O2. The minimum atomic E-state index is -0.139. The van der Waals surface area contributed by atoms with Crippen molar-refractivity contribution in [2.24, 2.45) is 0 Å². The second-order valence-electron chi connectivity index (χ2n) is 8.30. The molecule has 3 heterocycles. The van der Waals surface area contributed by atoms with E-state index in [1.165, 1.54) is 5.56 Å². The summed E-state index contributed by atoms with van der Waals surface area (Å²) in [5.41, 5.74) is 4.74. The molecule has 0 aliphatic carbocycles. The Hall–Kier alpha value is -3.40. The van der Waals surface area contributed by atoms with Crippen LogP contribution in [0, 0.1) is 32.1 Å². The predicted octanol–water partition coefficient (Wildman–Crippen LogP) is 2.97. The number of amides is 2. The van der Waals surface area contributed by atoms with Gasteiger partial charge in [0.25, 0.3) is 5.91 Å². The van der Waals surface area contributed by atoms with Gasteiger partial charge in [-0.1, -0.05) is 6.07 Å². The summed E-state index contributed by atoms with van der Waals surface area (Å²) in [6.45, 7) is 9.35. The molecule has 2 saturated heterocycles. The lowest BCUT2D eigenvalue weighted by molar-refractivity contribution is -0.117. The van der Waals surface area contributed by atoms with Crippen LogP contribution in [0.3, 0.4) is 0 Å². The molecule has 1 aromatic heterocycles. The molecule has 0 N–H and O–H groups in total. The number of anilines is 2. The average Bonchev–Trinajstić information content (AvgIpc) is 3.21. The summed E-state index contributed by atoms with van der Waals surface area (Å²) in [5.74, 6) is 0.905. The maximum Gasteiger partial charge on any atom is 0.255 e. The zero-order valence-electron chi connectivity index (χ0n) is 18.3. The third kappa shape index (κ3) is 3.98. The van der Waals surface area contributed by atoms with Crippen LogP contribution in [0.2, 0.25) is 0 Å². The van der Waals surface area contributed by atoms with E-state index in [2.05, 4.69) is 30.9 Å². The number of rotatable bonds is 3. The van der Waals surface area contributed by atoms with Crippen molar-refractivity contribution < 1.29 is 9.59 Å². The number of aromatic nitrogens is 1. The van der Waals surface area contributed by atoms with Crippen molar-refractivity contribution >= 4 is 23.3 Å². The molecule has 160 valence electrons. The first kappa shape index (κ1) is 20.9. The molecule has 0 unspecified atom stereocenters. The standard InChI is InChI=1S/C24H27N5O2/c1-16-13-17(2)23(26-18(16)3)27-9-11-28(12-10-27)24(31)21-7-6-20(14-19(21)15-25)29-8-4-5-22(29)30/h6-7,13-14H,4-5,8-12H2,1-3H3. The highest BCUT2D eigenvalue weighted by molar-refractivity contribution is 5.99. The highest BCUT2D eigenvalue weighted by Gasteiger charge is 2.27. The number of carbonyl (C=O) groups is 2. The summed E-state index contributed by atoms with van der Waals surface area (Å²) < 4.78 is 0. The predicted molar refractivity (Wildman–Crippen MR) is 119 cm³/mol. The van der Waals surface area contributed by atoms with Crippen molar-refractivity contribution in [1.29, 1.82) is 5.26 Å². The Labute approximate surface area is 182 Å². The van der Waals surface area contributed by atoms with Crippen molar-refractivity contribution in [1.82, 2.24) is 9.88 Å². The van der Waals surface area contributed by atoms with Gasteiger partial charge < -0.3 is 14.7 Å². The third-order valence-electron chi connectivity index (χ3n) is 6.24. The lowest BCUT2D eigenvalue weighted by atomic mass is 10.0. The fourth-order valence-electron chi connectivity index (χ4n) is 4.34. The monoisotopic (exact) mass is 417 g/mol. The Kier molecular flexibility index (Phi) is 5.64. The molecule has 2 aliphatic heterocycles. The Morgan fingerprint density at radius 1 is 1.03 bits per heavy atom. The van der Waals surface area contributed by atoms with Crippen LogP contribution in [-0.2, 0) is 4.79 Å². The zero-order chi connectivity index (χ0) is 22.1. The third-order valence-corrected chi connectivity index (χ3v) is 6.24. The molecule has 1 aromatic carbocycles. The first-order valence-electron chi connectivity index (χ1n) is 10.7. The van der Waals surface area contributed by atoms with Gasteiger partial charge in [-0.25, -0.2) is 4.98 Å². The number of carbonyl (C=O) groups excluding carboxylic acids is 2. The van der Waals surface area contributed by atoms with Crippen molar-refractivity contribution in [2.75, 3.05) is 42.5 Å². The first-order valence-corrected chi connectivity index (χ1v) is 10.7. The van der Waals surface area contributed by atoms with E-state index in [1.54, 1.807) is 28.0 Å². The van der Waals surface area contributed by atoms with Gasteiger partial charge in [0.15, 0.2) is 0 Å². The Bertz CT molecular complexity index is 1080. The van der Waals surface area contributed by atoms with E-state index in [1.807, 2.05) is 6.92 Å². The van der Waals surface area contributed by atoms with Crippen LogP contribution in [0.25, 0.3) is 0 Å². The second-order valence-corrected chi connectivity index (χ2v) is 8.30. The molecular weight excluding hydrogens is 390 g/mol. The van der Waals surface area contributed by atoms with Gasteiger partial charge >= 0.3 is 0 Å². The van der Waals surface area contributed by atoms with Crippen molar-refractivity contribution in [3.05, 3.63) is 52.2 Å². The van der Waals surface area contributed by atoms with Crippen molar-refractivity contribution in [3.8, 4) is 6.07 Å². The second kappa shape index (κ2) is 8.38. The van der Waals surface area contributed by atoms with Crippen LogP contribution in [-0.4, -0.2) is 54.4 Å². The normalized spacial score (nSPS) is 16.6. The van der Waals surface area contributed by atoms with Gasteiger partial charge in [-0.3, -0.25) is 9.59 Å². The average molecular weight is 418 g/mol. The van der Waals surface area contributed by atoms with Crippen LogP contribution in [0.15, 0.2) is 24.3 Å². The number of nitrogens with zero attached hydrogens (tertiary/aromatic N) is 5. The zero-order valence-corrected chi connectivity index (χ0v) is 18.3. The van der Waals surface area contributed by atoms with Crippen LogP contribution >= 0.6 is 0 Å². The molecule has 0 bridgehead atoms. The van der Waals surface area contributed by atoms with Crippen molar-refractivity contribution in [2.45, 2.75) is 33.6 Å². The molecule has 2 fully saturated rings. The number of benzene rings is 1. The molecule has 0 spiro atoms. The molecule has 0 radical (unpaired) electrons. The lowest BCUT2D eigenvalue weighted by Crippen LogP contribution is -2.49. The first-order chi connectivity index (χ1) is 14.9. The van der Waals surface area contributed by atoms with Gasteiger partial charge in [-0.15, -0.1) is 0 Å². The van der Waals surface area contributed by atoms with Gasteiger partial charge in [0, 0.05) is 50.5 Å². The molecule has 0 atom stereocenters. The highest BCUT2D eigenvalue weighted by atomic mass is 16.2. The largest absolute Gasteiger partial charge is 0.353 e. The van der Waals surface area contributed by atoms with E-state index in [0.29, 0.717) is 56.0 Å². The minimum Gasteiger partial charge on any atom is -0.353 e. The van der Waals surface area contributed by atoms with E-state index in [9.17, 15) is 14.9 Å². The Morgan fingerprint density at radius 2 is 1.77 bits per heavy atom. The lowest BCUT2D eigenvalue weighted by Gasteiger charge is -2.36. The SMILES string of the molecule is Cc1cc(C)c(N2CCN(C(=O)c3ccc(N4CCCC4=O)cc3C#N)CC2)nc1C. The summed E-state index contributed by atoms with van der Waals surface area (Å²) in [4.78, 5) is 35.6.